The lowest BCUT2D eigenvalue weighted by Crippen LogP contribution is -2.07. The summed E-state index contributed by atoms with van der Waals surface area (Å²) in [4.78, 5) is 0. The summed E-state index contributed by atoms with van der Waals surface area (Å²) in [6.07, 6.45) is 0. The minimum atomic E-state index is 0.329. The molecule has 0 bridgehead atoms. The van der Waals surface area contributed by atoms with Gasteiger partial charge in [0.25, 0.3) is 0 Å². The van der Waals surface area contributed by atoms with Crippen LogP contribution >= 0.6 is 31.9 Å². The Morgan fingerprint density at radius 3 is 2.61 bits per heavy atom. The lowest BCUT2D eigenvalue weighted by atomic mass is 10.1. The average molecular weight is 373 g/mol. The SMILES string of the molecule is Cc1ccc(Br)c(-c2nnc(CBr)n2C(C)C)c1. The summed E-state index contributed by atoms with van der Waals surface area (Å²) in [5, 5.41) is 9.29. The van der Waals surface area contributed by atoms with Crippen LogP contribution < -0.4 is 0 Å². The monoisotopic (exact) mass is 371 g/mol. The highest BCUT2D eigenvalue weighted by atomic mass is 79.9. The molecule has 2 rings (SSSR count). The van der Waals surface area contributed by atoms with E-state index in [1.807, 2.05) is 0 Å². The lowest BCUT2D eigenvalue weighted by Gasteiger charge is -2.14. The fraction of sp³-hybridized carbons (Fsp3) is 0.385. The molecule has 0 N–H and O–H groups in total. The maximum Gasteiger partial charge on any atom is 0.165 e. The van der Waals surface area contributed by atoms with E-state index in [1.54, 1.807) is 0 Å². The van der Waals surface area contributed by atoms with E-state index in [0.29, 0.717) is 11.4 Å². The molecular formula is C13H15Br2N3. The number of halogens is 2. The lowest BCUT2D eigenvalue weighted by molar-refractivity contribution is 0.586. The van der Waals surface area contributed by atoms with Crippen LogP contribution in [0.25, 0.3) is 11.4 Å². The Morgan fingerprint density at radius 1 is 1.28 bits per heavy atom. The van der Waals surface area contributed by atoms with Crippen molar-refractivity contribution < 1.29 is 0 Å². The van der Waals surface area contributed by atoms with Crippen LogP contribution in [0.2, 0.25) is 0 Å². The molecule has 0 aliphatic heterocycles. The Labute approximate surface area is 124 Å². The van der Waals surface area contributed by atoms with E-state index in [4.69, 9.17) is 0 Å². The largest absolute Gasteiger partial charge is 0.308 e. The van der Waals surface area contributed by atoms with Gasteiger partial charge in [0, 0.05) is 16.1 Å². The third kappa shape index (κ3) is 2.52. The van der Waals surface area contributed by atoms with Gasteiger partial charge in [-0.2, -0.15) is 0 Å². The minimum absolute atomic E-state index is 0.329. The Morgan fingerprint density at radius 2 is 2.00 bits per heavy atom. The first kappa shape index (κ1) is 13.7. The number of hydrogen-bond acceptors (Lipinski definition) is 2. The maximum atomic E-state index is 4.33. The van der Waals surface area contributed by atoms with Crippen LogP contribution in [-0.2, 0) is 5.33 Å². The van der Waals surface area contributed by atoms with Crippen LogP contribution in [0.3, 0.4) is 0 Å². The predicted octanol–water partition coefficient (Wildman–Crippen LogP) is 4.49. The van der Waals surface area contributed by atoms with Gasteiger partial charge in [0.05, 0.1) is 5.33 Å². The molecule has 96 valence electrons. The number of aryl methyl sites for hydroxylation is 1. The van der Waals surface area contributed by atoms with E-state index in [-0.39, 0.29) is 0 Å². The zero-order valence-electron chi connectivity index (χ0n) is 10.6. The molecule has 0 radical (unpaired) electrons. The van der Waals surface area contributed by atoms with Crippen LogP contribution in [0.4, 0.5) is 0 Å². The van der Waals surface area contributed by atoms with Crippen molar-refractivity contribution in [3.8, 4) is 11.4 Å². The van der Waals surface area contributed by atoms with Crippen LogP contribution in [0, 0.1) is 6.92 Å². The molecule has 0 aliphatic rings. The van der Waals surface area contributed by atoms with Crippen molar-refractivity contribution in [3.63, 3.8) is 0 Å². The van der Waals surface area contributed by atoms with Crippen LogP contribution in [0.15, 0.2) is 22.7 Å². The average Bonchev–Trinajstić information content (AvgIpc) is 2.75. The molecule has 0 atom stereocenters. The fourth-order valence-corrected chi connectivity index (χ4v) is 2.76. The van der Waals surface area contributed by atoms with Gasteiger partial charge < -0.3 is 4.57 Å². The second kappa shape index (κ2) is 5.53. The zero-order valence-corrected chi connectivity index (χ0v) is 13.8. The third-order valence-corrected chi connectivity index (χ3v) is 3.96. The molecule has 1 aromatic carbocycles. The minimum Gasteiger partial charge on any atom is -0.308 e. The molecule has 0 spiro atoms. The molecular weight excluding hydrogens is 358 g/mol. The van der Waals surface area contributed by atoms with E-state index in [2.05, 4.69) is 85.6 Å². The van der Waals surface area contributed by atoms with Gasteiger partial charge >= 0.3 is 0 Å². The van der Waals surface area contributed by atoms with E-state index in [0.717, 1.165) is 21.7 Å². The Kier molecular flexibility index (Phi) is 4.22. The first-order valence-corrected chi connectivity index (χ1v) is 7.72. The molecule has 3 nitrogen and oxygen atoms in total. The number of aromatic nitrogens is 3. The van der Waals surface area contributed by atoms with Gasteiger partial charge in [-0.3, -0.25) is 0 Å². The van der Waals surface area contributed by atoms with Crippen molar-refractivity contribution >= 4 is 31.9 Å². The van der Waals surface area contributed by atoms with Crippen molar-refractivity contribution in [2.45, 2.75) is 32.1 Å². The molecule has 2 aromatic rings. The number of nitrogens with zero attached hydrogens (tertiary/aromatic N) is 3. The van der Waals surface area contributed by atoms with Crippen molar-refractivity contribution in [3.05, 3.63) is 34.1 Å². The second-order valence-corrected chi connectivity index (χ2v) is 5.94. The summed E-state index contributed by atoms with van der Waals surface area (Å²) >= 11 is 7.05. The highest BCUT2D eigenvalue weighted by Gasteiger charge is 2.17. The van der Waals surface area contributed by atoms with E-state index in [1.165, 1.54) is 5.56 Å². The van der Waals surface area contributed by atoms with Crippen molar-refractivity contribution in [2.75, 3.05) is 0 Å². The molecule has 0 saturated heterocycles. The van der Waals surface area contributed by atoms with E-state index >= 15 is 0 Å². The molecule has 0 amide bonds. The molecule has 0 aliphatic carbocycles. The number of alkyl halides is 1. The summed E-state index contributed by atoms with van der Waals surface area (Å²) in [6, 6.07) is 6.59. The van der Waals surface area contributed by atoms with Crippen LogP contribution in [0.1, 0.15) is 31.3 Å². The Hall–Kier alpha value is -0.680. The zero-order chi connectivity index (χ0) is 13.3. The van der Waals surface area contributed by atoms with Crippen LogP contribution in [0.5, 0.6) is 0 Å². The van der Waals surface area contributed by atoms with Gasteiger partial charge in [-0.15, -0.1) is 10.2 Å². The molecule has 0 saturated carbocycles. The third-order valence-electron chi connectivity index (χ3n) is 2.77. The van der Waals surface area contributed by atoms with Crippen molar-refractivity contribution in [1.82, 2.24) is 14.8 Å². The quantitative estimate of drug-likeness (QED) is 0.743. The summed E-state index contributed by atoms with van der Waals surface area (Å²) in [7, 11) is 0. The summed E-state index contributed by atoms with van der Waals surface area (Å²) in [5.41, 5.74) is 2.30. The first-order valence-electron chi connectivity index (χ1n) is 5.81. The predicted molar refractivity (Wildman–Crippen MR) is 80.9 cm³/mol. The van der Waals surface area contributed by atoms with E-state index in [9.17, 15) is 0 Å². The van der Waals surface area contributed by atoms with Gasteiger partial charge in [-0.25, -0.2) is 0 Å². The molecule has 1 heterocycles. The fourth-order valence-electron chi connectivity index (χ4n) is 1.95. The van der Waals surface area contributed by atoms with Gasteiger partial charge in [0.2, 0.25) is 0 Å². The molecule has 1 aromatic heterocycles. The molecule has 0 fully saturated rings. The molecule has 18 heavy (non-hydrogen) atoms. The van der Waals surface area contributed by atoms with Gasteiger partial charge in [0.1, 0.15) is 5.82 Å². The topological polar surface area (TPSA) is 30.7 Å². The number of hydrogen-bond donors (Lipinski definition) is 0. The van der Waals surface area contributed by atoms with Gasteiger partial charge in [-0.05, 0) is 32.9 Å². The van der Waals surface area contributed by atoms with E-state index < -0.39 is 0 Å². The van der Waals surface area contributed by atoms with Crippen molar-refractivity contribution in [1.29, 1.82) is 0 Å². The Bertz CT molecular complexity index is 561. The van der Waals surface area contributed by atoms with Crippen LogP contribution in [-0.4, -0.2) is 14.8 Å². The first-order chi connectivity index (χ1) is 8.54. The summed E-state index contributed by atoms with van der Waals surface area (Å²) in [6.45, 7) is 6.36. The standard InChI is InChI=1S/C13H15Br2N3/c1-8(2)18-12(7-14)16-17-13(18)10-6-9(3)4-5-11(10)15/h4-6,8H,7H2,1-3H3. The number of benzene rings is 1. The van der Waals surface area contributed by atoms with Gasteiger partial charge in [0.15, 0.2) is 5.82 Å². The highest BCUT2D eigenvalue weighted by Crippen LogP contribution is 2.30. The summed E-state index contributed by atoms with van der Waals surface area (Å²) < 4.78 is 3.21. The number of rotatable bonds is 3. The smallest absolute Gasteiger partial charge is 0.165 e. The van der Waals surface area contributed by atoms with Crippen molar-refractivity contribution in [2.24, 2.45) is 0 Å². The normalized spacial score (nSPS) is 11.2. The molecule has 0 unspecified atom stereocenters. The maximum absolute atomic E-state index is 4.33. The Balaban J connectivity index is 2.63. The van der Waals surface area contributed by atoms with Gasteiger partial charge in [-0.1, -0.05) is 43.5 Å². The molecule has 5 heteroatoms. The highest BCUT2D eigenvalue weighted by molar-refractivity contribution is 9.10. The second-order valence-electron chi connectivity index (χ2n) is 4.52. The summed E-state index contributed by atoms with van der Waals surface area (Å²) in [5.74, 6) is 1.86.